The number of hydrogen-bond donors (Lipinski definition) is 2. The van der Waals surface area contributed by atoms with Gasteiger partial charge < -0.3 is 15.2 Å². The molecule has 2 amide bonds. The minimum absolute atomic E-state index is 0.0142. The summed E-state index contributed by atoms with van der Waals surface area (Å²) in [6, 6.07) is 9.78. The van der Waals surface area contributed by atoms with Crippen LogP contribution in [0.15, 0.2) is 53.7 Å². The van der Waals surface area contributed by atoms with Crippen LogP contribution >= 0.6 is 35.0 Å². The van der Waals surface area contributed by atoms with Gasteiger partial charge in [0, 0.05) is 17.6 Å². The molecule has 0 aliphatic carbocycles. The fourth-order valence-corrected chi connectivity index (χ4v) is 4.17. The minimum atomic E-state index is -4.56. The van der Waals surface area contributed by atoms with E-state index in [4.69, 9.17) is 23.2 Å². The van der Waals surface area contributed by atoms with Gasteiger partial charge in [-0.15, -0.1) is 10.2 Å². The van der Waals surface area contributed by atoms with Crippen LogP contribution in [-0.2, 0) is 28.9 Å². The number of hydrogen-bond acceptors (Lipinski definition) is 5. The predicted octanol–water partition coefficient (Wildman–Crippen LogP) is 5.68. The lowest BCUT2D eigenvalue weighted by atomic mass is 10.2. The molecule has 0 aliphatic heterocycles. The van der Waals surface area contributed by atoms with Crippen molar-refractivity contribution in [1.29, 1.82) is 0 Å². The van der Waals surface area contributed by atoms with Crippen LogP contribution in [0.5, 0.6) is 0 Å². The van der Waals surface area contributed by atoms with E-state index in [0.29, 0.717) is 28.1 Å². The van der Waals surface area contributed by atoms with Crippen LogP contribution < -0.4 is 10.6 Å². The molecular formula is C23H20Cl2F3N5O2S. The first-order chi connectivity index (χ1) is 17.1. The maximum Gasteiger partial charge on any atom is 0.416 e. The van der Waals surface area contributed by atoms with E-state index in [1.54, 1.807) is 34.9 Å². The van der Waals surface area contributed by atoms with Crippen LogP contribution in [0.4, 0.5) is 18.9 Å². The van der Waals surface area contributed by atoms with Crippen molar-refractivity contribution in [2.75, 3.05) is 11.1 Å². The Morgan fingerprint density at radius 3 is 2.56 bits per heavy atom. The normalized spacial score (nSPS) is 11.6. The standard InChI is InChI=1S/C23H20Cl2F3N5O2S/c1-2-33-19(12-29-20(34)10-7-14-5-3-4-6-16(14)24)31-32-22(33)36-13-21(35)30-18-11-15(23(26,27)28)8-9-17(18)25/h3-11H,2,12-13H2,1H3,(H,29,34)(H,30,35)/b10-7+. The number of carbonyl (C=O) groups excluding carboxylic acids is 2. The van der Waals surface area contributed by atoms with Gasteiger partial charge in [-0.05, 0) is 42.8 Å². The molecule has 3 rings (SSSR count). The Morgan fingerprint density at radius 2 is 1.86 bits per heavy atom. The molecule has 0 saturated heterocycles. The van der Waals surface area contributed by atoms with E-state index in [9.17, 15) is 22.8 Å². The van der Waals surface area contributed by atoms with Crippen LogP contribution in [0.2, 0.25) is 10.0 Å². The van der Waals surface area contributed by atoms with Gasteiger partial charge in [0.25, 0.3) is 0 Å². The first-order valence-corrected chi connectivity index (χ1v) is 12.2. The molecule has 2 N–H and O–H groups in total. The molecule has 0 fully saturated rings. The third-order valence-electron chi connectivity index (χ3n) is 4.75. The summed E-state index contributed by atoms with van der Waals surface area (Å²) in [5.74, 6) is -0.586. The van der Waals surface area contributed by atoms with Gasteiger partial charge in [-0.1, -0.05) is 53.2 Å². The van der Waals surface area contributed by atoms with Gasteiger partial charge in [0.05, 0.1) is 28.6 Å². The van der Waals surface area contributed by atoms with Crippen molar-refractivity contribution >= 4 is 58.5 Å². The number of halogens is 5. The highest BCUT2D eigenvalue weighted by Gasteiger charge is 2.31. The number of benzene rings is 2. The zero-order valence-corrected chi connectivity index (χ0v) is 21.1. The molecule has 190 valence electrons. The number of thioether (sulfide) groups is 1. The molecule has 1 aromatic heterocycles. The number of carbonyl (C=O) groups is 2. The average Bonchev–Trinajstić information content (AvgIpc) is 3.23. The van der Waals surface area contributed by atoms with Gasteiger partial charge in [-0.3, -0.25) is 9.59 Å². The van der Waals surface area contributed by atoms with Crippen LogP contribution in [0, 0.1) is 0 Å². The number of nitrogens with zero attached hydrogens (tertiary/aromatic N) is 3. The predicted molar refractivity (Wildman–Crippen MR) is 134 cm³/mol. The number of aromatic nitrogens is 3. The number of amides is 2. The molecule has 0 aliphatic rings. The topological polar surface area (TPSA) is 88.9 Å². The van der Waals surface area contributed by atoms with E-state index >= 15 is 0 Å². The Hall–Kier alpha value is -3.02. The summed E-state index contributed by atoms with van der Waals surface area (Å²) >= 11 is 13.0. The lowest BCUT2D eigenvalue weighted by Gasteiger charge is -2.12. The quantitative estimate of drug-likeness (QED) is 0.261. The molecule has 0 unspecified atom stereocenters. The summed E-state index contributed by atoms with van der Waals surface area (Å²) in [5, 5.41) is 14.1. The van der Waals surface area contributed by atoms with Gasteiger partial charge >= 0.3 is 6.18 Å². The van der Waals surface area contributed by atoms with Crippen molar-refractivity contribution in [2.24, 2.45) is 0 Å². The zero-order chi connectivity index (χ0) is 26.3. The van der Waals surface area contributed by atoms with E-state index < -0.39 is 17.6 Å². The van der Waals surface area contributed by atoms with Crippen molar-refractivity contribution in [3.8, 4) is 0 Å². The summed E-state index contributed by atoms with van der Waals surface area (Å²) in [6.07, 6.45) is -1.61. The lowest BCUT2D eigenvalue weighted by molar-refractivity contribution is -0.137. The summed E-state index contributed by atoms with van der Waals surface area (Å²) in [7, 11) is 0. The number of nitrogens with one attached hydrogen (secondary N) is 2. The molecule has 13 heteroatoms. The van der Waals surface area contributed by atoms with E-state index in [0.717, 1.165) is 30.0 Å². The molecule has 0 saturated carbocycles. The molecule has 0 atom stereocenters. The van der Waals surface area contributed by atoms with E-state index in [1.165, 1.54) is 6.08 Å². The molecule has 1 heterocycles. The van der Waals surface area contributed by atoms with E-state index in [-0.39, 0.29) is 28.9 Å². The molecular weight excluding hydrogens is 538 g/mol. The Bertz CT molecular complexity index is 1280. The highest BCUT2D eigenvalue weighted by Crippen LogP contribution is 2.34. The highest BCUT2D eigenvalue weighted by molar-refractivity contribution is 7.99. The van der Waals surface area contributed by atoms with Crippen molar-refractivity contribution in [1.82, 2.24) is 20.1 Å². The van der Waals surface area contributed by atoms with Gasteiger partial charge in [0.2, 0.25) is 11.8 Å². The third-order valence-corrected chi connectivity index (χ3v) is 6.39. The second kappa shape index (κ2) is 12.3. The fourth-order valence-electron chi connectivity index (χ4n) is 2.99. The van der Waals surface area contributed by atoms with Crippen LogP contribution in [0.1, 0.15) is 23.9 Å². The SMILES string of the molecule is CCn1c(CNC(=O)/C=C/c2ccccc2Cl)nnc1SCC(=O)Nc1cc(C(F)(F)F)ccc1Cl. The third kappa shape index (κ3) is 7.49. The number of alkyl halides is 3. The second-order valence-electron chi connectivity index (χ2n) is 7.24. The maximum atomic E-state index is 12.9. The highest BCUT2D eigenvalue weighted by atomic mass is 35.5. The van der Waals surface area contributed by atoms with Crippen LogP contribution in [-0.4, -0.2) is 32.3 Å². The lowest BCUT2D eigenvalue weighted by Crippen LogP contribution is -2.22. The molecule has 7 nitrogen and oxygen atoms in total. The minimum Gasteiger partial charge on any atom is -0.345 e. The summed E-state index contributed by atoms with van der Waals surface area (Å²) in [6.45, 7) is 2.41. The molecule has 2 aromatic carbocycles. The van der Waals surface area contributed by atoms with Gasteiger partial charge in [-0.25, -0.2) is 0 Å². The first-order valence-electron chi connectivity index (χ1n) is 10.5. The Kier molecular flexibility index (Phi) is 9.41. The molecule has 36 heavy (non-hydrogen) atoms. The Morgan fingerprint density at radius 1 is 1.11 bits per heavy atom. The molecule has 0 bridgehead atoms. The van der Waals surface area contributed by atoms with Crippen LogP contribution in [0.3, 0.4) is 0 Å². The van der Waals surface area contributed by atoms with Crippen molar-refractivity contribution in [2.45, 2.75) is 31.3 Å². The van der Waals surface area contributed by atoms with Gasteiger partial charge in [0.15, 0.2) is 11.0 Å². The number of rotatable bonds is 9. The van der Waals surface area contributed by atoms with E-state index in [2.05, 4.69) is 20.8 Å². The number of anilines is 1. The zero-order valence-electron chi connectivity index (χ0n) is 18.8. The Labute approximate surface area is 219 Å². The second-order valence-corrected chi connectivity index (χ2v) is 9.00. The average molecular weight is 558 g/mol. The maximum absolute atomic E-state index is 12.9. The fraction of sp³-hybridized carbons (Fsp3) is 0.217. The van der Waals surface area contributed by atoms with Crippen LogP contribution in [0.25, 0.3) is 6.08 Å². The molecule has 3 aromatic rings. The summed E-state index contributed by atoms with van der Waals surface area (Å²) in [5.41, 5.74) is -0.356. The van der Waals surface area contributed by atoms with E-state index in [1.807, 2.05) is 6.92 Å². The monoisotopic (exact) mass is 557 g/mol. The summed E-state index contributed by atoms with van der Waals surface area (Å²) in [4.78, 5) is 24.5. The molecule has 0 spiro atoms. The Balaban J connectivity index is 1.57. The smallest absolute Gasteiger partial charge is 0.345 e. The summed E-state index contributed by atoms with van der Waals surface area (Å²) < 4.78 is 40.5. The van der Waals surface area contributed by atoms with Crippen molar-refractivity contribution < 1.29 is 22.8 Å². The largest absolute Gasteiger partial charge is 0.416 e. The molecule has 0 radical (unpaired) electrons. The van der Waals surface area contributed by atoms with Crippen molar-refractivity contribution in [3.05, 3.63) is 75.5 Å². The van der Waals surface area contributed by atoms with Gasteiger partial charge in [-0.2, -0.15) is 13.2 Å². The van der Waals surface area contributed by atoms with Gasteiger partial charge in [0.1, 0.15) is 0 Å². The first kappa shape index (κ1) is 27.6. The van der Waals surface area contributed by atoms with Crippen molar-refractivity contribution in [3.63, 3.8) is 0 Å².